The van der Waals surface area contributed by atoms with Crippen LogP contribution in [-0.2, 0) is 0 Å². The summed E-state index contributed by atoms with van der Waals surface area (Å²) in [5.74, 6) is 0.960. The van der Waals surface area contributed by atoms with Gasteiger partial charge in [-0.3, -0.25) is 0 Å². The number of nitrogens with zero attached hydrogens (tertiary/aromatic N) is 5. The van der Waals surface area contributed by atoms with Gasteiger partial charge in [-0.15, -0.1) is 5.10 Å². The SMILES string of the molecule is Cc1c(Cl)cccc1Nc1cnnc(N2CCN(c3ccccc3F)CC2)n1. The predicted octanol–water partition coefficient (Wildman–Crippen LogP) is 4.04. The molecule has 1 aliphatic rings. The zero-order valence-corrected chi connectivity index (χ0v) is 16.2. The van der Waals surface area contributed by atoms with Crippen LogP contribution < -0.4 is 15.1 Å². The first-order valence-corrected chi connectivity index (χ1v) is 9.46. The topological polar surface area (TPSA) is 57.2 Å². The molecule has 1 saturated heterocycles. The first-order valence-electron chi connectivity index (χ1n) is 9.08. The molecule has 144 valence electrons. The molecule has 0 bridgehead atoms. The molecule has 3 aromatic rings. The van der Waals surface area contributed by atoms with E-state index in [0.717, 1.165) is 11.3 Å². The molecule has 2 heterocycles. The normalized spacial score (nSPS) is 14.2. The fraction of sp³-hybridized carbons (Fsp3) is 0.250. The Balaban J connectivity index is 1.45. The molecule has 0 unspecified atom stereocenters. The highest BCUT2D eigenvalue weighted by atomic mass is 35.5. The van der Waals surface area contributed by atoms with Crippen LogP contribution in [0.4, 0.5) is 27.5 Å². The molecule has 0 saturated carbocycles. The Kier molecular flexibility index (Phi) is 5.25. The maximum atomic E-state index is 14.0. The number of hydrogen-bond donors (Lipinski definition) is 1. The van der Waals surface area contributed by atoms with Gasteiger partial charge in [-0.1, -0.05) is 29.8 Å². The van der Waals surface area contributed by atoms with E-state index in [-0.39, 0.29) is 5.82 Å². The molecule has 0 atom stereocenters. The van der Waals surface area contributed by atoms with Crippen LogP contribution in [0.15, 0.2) is 48.7 Å². The third-order valence-corrected chi connectivity index (χ3v) is 5.24. The van der Waals surface area contributed by atoms with E-state index in [0.29, 0.717) is 48.7 Å². The fourth-order valence-electron chi connectivity index (χ4n) is 3.22. The Morgan fingerprint density at radius 3 is 2.54 bits per heavy atom. The standard InChI is InChI=1S/C20H20ClFN6/c1-14-15(21)5-4-7-17(14)24-19-13-23-26-20(25-19)28-11-9-27(10-12-28)18-8-3-2-6-16(18)22/h2-8,13H,9-12H2,1H3,(H,24,25,26). The lowest BCUT2D eigenvalue weighted by molar-refractivity contribution is 0.592. The largest absolute Gasteiger partial charge is 0.366 e. The van der Waals surface area contributed by atoms with E-state index in [1.807, 2.05) is 36.1 Å². The smallest absolute Gasteiger partial charge is 0.247 e. The van der Waals surface area contributed by atoms with Crippen LogP contribution in [0, 0.1) is 12.7 Å². The van der Waals surface area contributed by atoms with Crippen molar-refractivity contribution in [2.24, 2.45) is 0 Å². The van der Waals surface area contributed by atoms with Gasteiger partial charge >= 0.3 is 0 Å². The third kappa shape index (κ3) is 3.84. The number of piperazine rings is 1. The quantitative estimate of drug-likeness (QED) is 0.715. The molecule has 0 aliphatic carbocycles. The lowest BCUT2D eigenvalue weighted by Crippen LogP contribution is -2.47. The van der Waals surface area contributed by atoms with Crippen molar-refractivity contribution < 1.29 is 4.39 Å². The van der Waals surface area contributed by atoms with E-state index in [1.54, 1.807) is 18.3 Å². The highest BCUT2D eigenvalue weighted by Crippen LogP contribution is 2.26. The predicted molar refractivity (Wildman–Crippen MR) is 110 cm³/mol. The summed E-state index contributed by atoms with van der Waals surface area (Å²) in [7, 11) is 0. The van der Waals surface area contributed by atoms with Crippen molar-refractivity contribution in [2.75, 3.05) is 41.3 Å². The van der Waals surface area contributed by atoms with Crippen LogP contribution in [0.2, 0.25) is 5.02 Å². The van der Waals surface area contributed by atoms with Gasteiger partial charge in [0.25, 0.3) is 0 Å². The number of aromatic nitrogens is 3. The molecule has 1 fully saturated rings. The minimum absolute atomic E-state index is 0.197. The number of rotatable bonds is 4. The Hall–Kier alpha value is -2.93. The van der Waals surface area contributed by atoms with Gasteiger partial charge in [-0.2, -0.15) is 10.1 Å². The van der Waals surface area contributed by atoms with E-state index in [1.165, 1.54) is 6.07 Å². The van der Waals surface area contributed by atoms with Crippen LogP contribution >= 0.6 is 11.6 Å². The minimum Gasteiger partial charge on any atom is -0.366 e. The average Bonchev–Trinajstić information content (AvgIpc) is 2.72. The summed E-state index contributed by atoms with van der Waals surface area (Å²) in [6.07, 6.45) is 1.58. The van der Waals surface area contributed by atoms with Crippen molar-refractivity contribution >= 4 is 34.7 Å². The first kappa shape index (κ1) is 18.4. The molecule has 8 heteroatoms. The summed E-state index contributed by atoms with van der Waals surface area (Å²) < 4.78 is 14.0. The number of para-hydroxylation sites is 1. The molecule has 1 N–H and O–H groups in total. The first-order chi connectivity index (χ1) is 13.6. The van der Waals surface area contributed by atoms with Crippen molar-refractivity contribution in [3.8, 4) is 0 Å². The monoisotopic (exact) mass is 398 g/mol. The highest BCUT2D eigenvalue weighted by molar-refractivity contribution is 6.31. The van der Waals surface area contributed by atoms with Crippen LogP contribution in [0.3, 0.4) is 0 Å². The zero-order chi connectivity index (χ0) is 19.5. The van der Waals surface area contributed by atoms with Gasteiger partial charge in [-0.05, 0) is 36.8 Å². The van der Waals surface area contributed by atoms with Crippen LogP contribution in [-0.4, -0.2) is 41.4 Å². The number of benzene rings is 2. The molecular weight excluding hydrogens is 379 g/mol. The summed E-state index contributed by atoms with van der Waals surface area (Å²) in [6, 6.07) is 12.5. The second kappa shape index (κ2) is 7.98. The Morgan fingerprint density at radius 2 is 1.75 bits per heavy atom. The average molecular weight is 399 g/mol. The molecule has 0 amide bonds. The maximum absolute atomic E-state index is 14.0. The minimum atomic E-state index is -0.197. The zero-order valence-electron chi connectivity index (χ0n) is 15.4. The third-order valence-electron chi connectivity index (χ3n) is 4.83. The summed E-state index contributed by atoms with van der Waals surface area (Å²) in [4.78, 5) is 8.68. The summed E-state index contributed by atoms with van der Waals surface area (Å²) in [6.45, 7) is 4.71. The molecule has 4 rings (SSSR count). The van der Waals surface area contributed by atoms with Crippen molar-refractivity contribution in [2.45, 2.75) is 6.92 Å². The van der Waals surface area contributed by atoms with Gasteiger partial charge in [0, 0.05) is 36.9 Å². The van der Waals surface area contributed by atoms with E-state index in [2.05, 4.69) is 25.4 Å². The van der Waals surface area contributed by atoms with Crippen molar-refractivity contribution in [1.29, 1.82) is 0 Å². The lowest BCUT2D eigenvalue weighted by atomic mass is 10.2. The summed E-state index contributed by atoms with van der Waals surface area (Å²) in [5, 5.41) is 12.2. The summed E-state index contributed by atoms with van der Waals surface area (Å²) >= 11 is 6.18. The molecule has 6 nitrogen and oxygen atoms in total. The van der Waals surface area contributed by atoms with E-state index < -0.39 is 0 Å². The fourth-order valence-corrected chi connectivity index (χ4v) is 3.40. The second-order valence-electron chi connectivity index (χ2n) is 6.60. The van der Waals surface area contributed by atoms with Crippen LogP contribution in [0.5, 0.6) is 0 Å². The number of anilines is 4. The van der Waals surface area contributed by atoms with Gasteiger partial charge in [-0.25, -0.2) is 4.39 Å². The molecule has 2 aromatic carbocycles. The molecule has 0 spiro atoms. The molecule has 0 radical (unpaired) electrons. The van der Waals surface area contributed by atoms with Gasteiger partial charge < -0.3 is 15.1 Å². The Morgan fingerprint density at radius 1 is 1.00 bits per heavy atom. The lowest BCUT2D eigenvalue weighted by Gasteiger charge is -2.36. The van der Waals surface area contributed by atoms with E-state index in [4.69, 9.17) is 11.6 Å². The van der Waals surface area contributed by atoms with Crippen molar-refractivity contribution in [1.82, 2.24) is 15.2 Å². The van der Waals surface area contributed by atoms with Crippen LogP contribution in [0.1, 0.15) is 5.56 Å². The van der Waals surface area contributed by atoms with Gasteiger partial charge in [0.05, 0.1) is 11.9 Å². The number of hydrogen-bond acceptors (Lipinski definition) is 6. The molecule has 28 heavy (non-hydrogen) atoms. The Bertz CT molecular complexity index is 974. The Labute approximate surface area is 168 Å². The van der Waals surface area contributed by atoms with Crippen molar-refractivity contribution in [3.05, 3.63) is 65.1 Å². The molecular formula is C20H20ClFN6. The van der Waals surface area contributed by atoms with Gasteiger partial charge in [0.15, 0.2) is 5.82 Å². The maximum Gasteiger partial charge on any atom is 0.247 e. The van der Waals surface area contributed by atoms with E-state index >= 15 is 0 Å². The highest BCUT2D eigenvalue weighted by Gasteiger charge is 2.21. The summed E-state index contributed by atoms with van der Waals surface area (Å²) in [5.41, 5.74) is 2.46. The van der Waals surface area contributed by atoms with Crippen molar-refractivity contribution in [3.63, 3.8) is 0 Å². The van der Waals surface area contributed by atoms with Gasteiger partial charge in [0.2, 0.25) is 5.95 Å². The van der Waals surface area contributed by atoms with E-state index in [9.17, 15) is 4.39 Å². The second-order valence-corrected chi connectivity index (χ2v) is 7.01. The van der Waals surface area contributed by atoms with Crippen LogP contribution in [0.25, 0.3) is 0 Å². The number of nitrogens with one attached hydrogen (secondary N) is 1. The molecule has 1 aliphatic heterocycles. The molecule has 1 aromatic heterocycles. The van der Waals surface area contributed by atoms with Gasteiger partial charge in [0.1, 0.15) is 5.82 Å². The number of halogens is 2.